The van der Waals surface area contributed by atoms with Crippen molar-refractivity contribution in [2.75, 3.05) is 6.54 Å². The summed E-state index contributed by atoms with van der Waals surface area (Å²) in [5.74, 6) is 0.558. The molecule has 0 aliphatic rings. The summed E-state index contributed by atoms with van der Waals surface area (Å²) in [6, 6.07) is 10.7. The van der Waals surface area contributed by atoms with Crippen molar-refractivity contribution in [3.63, 3.8) is 0 Å². The number of hydrogen-bond acceptors (Lipinski definition) is 2. The molecule has 0 spiro atoms. The molecule has 0 radical (unpaired) electrons. The van der Waals surface area contributed by atoms with Crippen LogP contribution in [0, 0.1) is 5.92 Å². The van der Waals surface area contributed by atoms with E-state index in [4.69, 9.17) is 4.42 Å². The van der Waals surface area contributed by atoms with Gasteiger partial charge in [0.05, 0.1) is 12.5 Å². The van der Waals surface area contributed by atoms with Crippen LogP contribution in [0.3, 0.4) is 0 Å². The van der Waals surface area contributed by atoms with Crippen molar-refractivity contribution in [3.8, 4) is 0 Å². The topological polar surface area (TPSA) is 25.2 Å². The fraction of sp³-hybridized carbons (Fsp3) is 0.444. The van der Waals surface area contributed by atoms with E-state index in [1.54, 1.807) is 6.26 Å². The van der Waals surface area contributed by atoms with Crippen LogP contribution in [0.5, 0.6) is 0 Å². The summed E-state index contributed by atoms with van der Waals surface area (Å²) >= 11 is 3.49. The molecule has 1 aromatic carbocycles. The van der Waals surface area contributed by atoms with E-state index in [9.17, 15) is 0 Å². The van der Waals surface area contributed by atoms with Gasteiger partial charge < -0.3 is 9.73 Å². The number of halogens is 1. The smallest absolute Gasteiger partial charge is 0.0934 e. The maximum atomic E-state index is 5.20. The second-order valence-corrected chi connectivity index (χ2v) is 7.58. The molecule has 1 aromatic heterocycles. The van der Waals surface area contributed by atoms with Crippen LogP contribution in [0.15, 0.2) is 51.7 Å². The standard InChI is InChI=1S/C18H24BrNO/c1-18(2,3)20-12-16(11-15-8-9-21-13-15)10-14-4-6-17(19)7-5-14/h4-9,13,16,20H,10-12H2,1-3H3. The minimum absolute atomic E-state index is 0.147. The van der Waals surface area contributed by atoms with Gasteiger partial charge in [-0.15, -0.1) is 0 Å². The Hall–Kier alpha value is -1.06. The second-order valence-electron chi connectivity index (χ2n) is 6.66. The zero-order chi connectivity index (χ0) is 15.3. The SMILES string of the molecule is CC(C)(C)NCC(Cc1ccc(Br)cc1)Cc1ccoc1. The van der Waals surface area contributed by atoms with Crippen molar-refractivity contribution < 1.29 is 4.42 Å². The van der Waals surface area contributed by atoms with Gasteiger partial charge >= 0.3 is 0 Å². The summed E-state index contributed by atoms with van der Waals surface area (Å²) in [5, 5.41) is 3.63. The third kappa shape index (κ3) is 6.06. The van der Waals surface area contributed by atoms with E-state index in [-0.39, 0.29) is 5.54 Å². The van der Waals surface area contributed by atoms with Crippen LogP contribution in [0.4, 0.5) is 0 Å². The highest BCUT2D eigenvalue weighted by Crippen LogP contribution is 2.18. The summed E-state index contributed by atoms with van der Waals surface area (Å²) in [6.45, 7) is 7.63. The molecule has 3 heteroatoms. The number of hydrogen-bond donors (Lipinski definition) is 1. The van der Waals surface area contributed by atoms with Gasteiger partial charge in [0.2, 0.25) is 0 Å². The molecule has 1 heterocycles. The third-order valence-electron chi connectivity index (χ3n) is 3.46. The predicted octanol–water partition coefficient (Wildman–Crippen LogP) is 4.83. The summed E-state index contributed by atoms with van der Waals surface area (Å²) in [5.41, 5.74) is 2.80. The Morgan fingerprint density at radius 1 is 1.05 bits per heavy atom. The van der Waals surface area contributed by atoms with Crippen LogP contribution in [-0.4, -0.2) is 12.1 Å². The molecule has 1 unspecified atom stereocenters. The van der Waals surface area contributed by atoms with Crippen molar-refractivity contribution in [3.05, 3.63) is 58.5 Å². The van der Waals surface area contributed by atoms with Crippen LogP contribution < -0.4 is 5.32 Å². The van der Waals surface area contributed by atoms with Gasteiger partial charge in [-0.25, -0.2) is 0 Å². The lowest BCUT2D eigenvalue weighted by Gasteiger charge is -2.25. The van der Waals surface area contributed by atoms with Gasteiger partial charge in [-0.3, -0.25) is 0 Å². The van der Waals surface area contributed by atoms with E-state index in [2.05, 4.69) is 72.3 Å². The lowest BCUT2D eigenvalue weighted by Crippen LogP contribution is -2.40. The van der Waals surface area contributed by atoms with Crippen molar-refractivity contribution in [2.24, 2.45) is 5.92 Å². The van der Waals surface area contributed by atoms with Gasteiger partial charge in [0.15, 0.2) is 0 Å². The highest BCUT2D eigenvalue weighted by atomic mass is 79.9. The number of benzene rings is 1. The van der Waals surface area contributed by atoms with E-state index >= 15 is 0 Å². The number of furan rings is 1. The zero-order valence-corrected chi connectivity index (χ0v) is 14.6. The fourth-order valence-corrected chi connectivity index (χ4v) is 2.63. The molecular formula is C18H24BrNO. The molecule has 0 bridgehead atoms. The molecule has 1 N–H and O–H groups in total. The zero-order valence-electron chi connectivity index (χ0n) is 13.0. The monoisotopic (exact) mass is 349 g/mol. The van der Waals surface area contributed by atoms with E-state index in [1.807, 2.05) is 6.26 Å². The summed E-state index contributed by atoms with van der Waals surface area (Å²) in [6.07, 6.45) is 5.71. The van der Waals surface area contributed by atoms with Gasteiger partial charge in [-0.1, -0.05) is 28.1 Å². The molecule has 2 rings (SSSR count). The van der Waals surface area contributed by atoms with Crippen LogP contribution in [-0.2, 0) is 12.8 Å². The molecule has 0 saturated carbocycles. The Morgan fingerprint density at radius 2 is 1.71 bits per heavy atom. The van der Waals surface area contributed by atoms with Crippen LogP contribution in [0.2, 0.25) is 0 Å². The van der Waals surface area contributed by atoms with E-state index in [0.29, 0.717) is 5.92 Å². The molecule has 0 aliphatic heterocycles. The predicted molar refractivity (Wildman–Crippen MR) is 91.5 cm³/mol. The Morgan fingerprint density at radius 3 is 2.29 bits per heavy atom. The first-order valence-electron chi connectivity index (χ1n) is 7.43. The second kappa shape index (κ2) is 7.28. The first-order chi connectivity index (χ1) is 9.92. The fourth-order valence-electron chi connectivity index (χ4n) is 2.36. The molecule has 114 valence electrons. The first-order valence-corrected chi connectivity index (χ1v) is 8.22. The number of rotatable bonds is 6. The van der Waals surface area contributed by atoms with Gasteiger partial charge in [0.1, 0.15) is 0 Å². The minimum atomic E-state index is 0.147. The lowest BCUT2D eigenvalue weighted by molar-refractivity contribution is 0.366. The van der Waals surface area contributed by atoms with Gasteiger partial charge in [-0.2, -0.15) is 0 Å². The van der Waals surface area contributed by atoms with E-state index < -0.39 is 0 Å². The average Bonchev–Trinajstić information content (AvgIpc) is 2.91. The molecule has 2 nitrogen and oxygen atoms in total. The molecule has 0 aliphatic carbocycles. The Bertz CT molecular complexity index is 525. The Labute approximate surface area is 136 Å². The summed E-state index contributed by atoms with van der Waals surface area (Å²) in [4.78, 5) is 0. The van der Waals surface area contributed by atoms with Crippen LogP contribution in [0.25, 0.3) is 0 Å². The molecule has 2 aromatic rings. The van der Waals surface area contributed by atoms with Crippen molar-refractivity contribution >= 4 is 15.9 Å². The first kappa shape index (κ1) is 16.3. The quantitative estimate of drug-likeness (QED) is 0.807. The maximum Gasteiger partial charge on any atom is 0.0934 e. The Kier molecular flexibility index (Phi) is 5.65. The number of nitrogens with one attached hydrogen (secondary N) is 1. The third-order valence-corrected chi connectivity index (χ3v) is 3.99. The molecule has 0 fully saturated rings. The van der Waals surface area contributed by atoms with Gasteiger partial charge in [0.25, 0.3) is 0 Å². The van der Waals surface area contributed by atoms with E-state index in [1.165, 1.54) is 11.1 Å². The van der Waals surface area contributed by atoms with Crippen molar-refractivity contribution in [1.29, 1.82) is 0 Å². The average molecular weight is 350 g/mol. The molecular weight excluding hydrogens is 326 g/mol. The van der Waals surface area contributed by atoms with Gasteiger partial charge in [0, 0.05) is 10.0 Å². The molecule has 21 heavy (non-hydrogen) atoms. The molecule has 0 saturated heterocycles. The van der Waals surface area contributed by atoms with E-state index in [0.717, 1.165) is 23.9 Å². The highest BCUT2D eigenvalue weighted by Gasteiger charge is 2.16. The maximum absolute atomic E-state index is 5.20. The minimum Gasteiger partial charge on any atom is -0.472 e. The summed E-state index contributed by atoms with van der Waals surface area (Å²) in [7, 11) is 0. The van der Waals surface area contributed by atoms with Crippen LogP contribution in [0.1, 0.15) is 31.9 Å². The highest BCUT2D eigenvalue weighted by molar-refractivity contribution is 9.10. The Balaban J connectivity index is 2.01. The van der Waals surface area contributed by atoms with Crippen LogP contribution >= 0.6 is 15.9 Å². The van der Waals surface area contributed by atoms with Crippen molar-refractivity contribution in [2.45, 2.75) is 39.2 Å². The normalized spacial score (nSPS) is 13.3. The largest absolute Gasteiger partial charge is 0.472 e. The van der Waals surface area contributed by atoms with Gasteiger partial charge in [-0.05, 0) is 75.4 Å². The molecule has 0 amide bonds. The van der Waals surface area contributed by atoms with Crippen molar-refractivity contribution in [1.82, 2.24) is 5.32 Å². The summed E-state index contributed by atoms with van der Waals surface area (Å²) < 4.78 is 6.33. The lowest BCUT2D eigenvalue weighted by atomic mass is 9.92. The molecule has 1 atom stereocenters.